The fourth-order valence-electron chi connectivity index (χ4n) is 2.03. The molecule has 0 bridgehead atoms. The summed E-state index contributed by atoms with van der Waals surface area (Å²) in [4.78, 5) is 12.2. The lowest BCUT2D eigenvalue weighted by atomic mass is 10.1. The van der Waals surface area contributed by atoms with E-state index >= 15 is 0 Å². The molecule has 2 aromatic rings. The van der Waals surface area contributed by atoms with Gasteiger partial charge in [0.2, 0.25) is 0 Å². The zero-order valence-electron chi connectivity index (χ0n) is 13.3. The minimum absolute atomic E-state index is 0.287. The molecule has 0 fully saturated rings. The van der Waals surface area contributed by atoms with Crippen LogP contribution in [0.3, 0.4) is 0 Å². The van der Waals surface area contributed by atoms with Crippen molar-refractivity contribution >= 4 is 40.4 Å². The van der Waals surface area contributed by atoms with Crippen molar-refractivity contribution in [3.05, 3.63) is 64.3 Å². The van der Waals surface area contributed by atoms with Gasteiger partial charge >= 0.3 is 5.97 Å². The smallest absolute Gasteiger partial charge is 0.340 e. The number of hydrogen-bond donors (Lipinski definition) is 1. The molecule has 0 spiro atoms. The van der Waals surface area contributed by atoms with Gasteiger partial charge in [-0.2, -0.15) is 0 Å². The lowest BCUT2D eigenvalue weighted by Gasteiger charge is -2.10. The first-order chi connectivity index (χ1) is 11.5. The molecule has 6 heteroatoms. The molecule has 0 unspecified atom stereocenters. The Labute approximate surface area is 151 Å². The molecule has 0 radical (unpaired) electrons. The minimum atomic E-state index is -0.428. The number of halogens is 2. The summed E-state index contributed by atoms with van der Waals surface area (Å²) in [7, 11) is 1.58. The summed E-state index contributed by atoms with van der Waals surface area (Å²) in [6, 6.07) is 12.2. The Balaban J connectivity index is 2.32. The molecule has 2 aromatic carbocycles. The van der Waals surface area contributed by atoms with Crippen LogP contribution in [-0.2, 0) is 9.53 Å². The average Bonchev–Trinajstić information content (AvgIpc) is 2.55. The highest BCUT2D eigenvalue weighted by molar-refractivity contribution is 6.35. The van der Waals surface area contributed by atoms with Gasteiger partial charge in [0.1, 0.15) is 5.75 Å². The van der Waals surface area contributed by atoms with Crippen LogP contribution in [0.4, 0.5) is 5.69 Å². The Hall–Kier alpha value is -2.17. The molecular formula is C18H17Cl2NO3. The summed E-state index contributed by atoms with van der Waals surface area (Å²) in [6.07, 6.45) is 1.57. The van der Waals surface area contributed by atoms with E-state index in [2.05, 4.69) is 5.32 Å². The number of anilines is 1. The third kappa shape index (κ3) is 4.91. The van der Waals surface area contributed by atoms with Crippen LogP contribution in [0.2, 0.25) is 10.0 Å². The van der Waals surface area contributed by atoms with Crippen LogP contribution in [0.5, 0.6) is 5.75 Å². The van der Waals surface area contributed by atoms with Gasteiger partial charge in [0.15, 0.2) is 0 Å². The molecule has 2 rings (SSSR count). The monoisotopic (exact) mass is 365 g/mol. The predicted molar refractivity (Wildman–Crippen MR) is 97.7 cm³/mol. The van der Waals surface area contributed by atoms with Crippen LogP contribution in [0.1, 0.15) is 12.5 Å². The van der Waals surface area contributed by atoms with Crippen molar-refractivity contribution in [3.8, 4) is 5.75 Å². The topological polar surface area (TPSA) is 47.6 Å². The van der Waals surface area contributed by atoms with Crippen molar-refractivity contribution in [2.24, 2.45) is 0 Å². The summed E-state index contributed by atoms with van der Waals surface area (Å²) in [5.41, 5.74) is 1.76. The maximum atomic E-state index is 12.2. The Morgan fingerprint density at radius 2 is 1.75 bits per heavy atom. The molecule has 0 saturated carbocycles. The fourth-order valence-corrected chi connectivity index (χ4v) is 2.56. The van der Waals surface area contributed by atoms with Crippen molar-refractivity contribution in [1.82, 2.24) is 0 Å². The number of benzene rings is 2. The molecule has 4 nitrogen and oxygen atoms in total. The number of hydrogen-bond acceptors (Lipinski definition) is 4. The highest BCUT2D eigenvalue weighted by atomic mass is 35.5. The number of rotatable bonds is 6. The molecule has 0 saturated heterocycles. The fraction of sp³-hybridized carbons (Fsp3) is 0.167. The summed E-state index contributed by atoms with van der Waals surface area (Å²) in [5, 5.41) is 4.03. The quantitative estimate of drug-likeness (QED) is 0.576. The number of carbonyl (C=O) groups is 1. The summed E-state index contributed by atoms with van der Waals surface area (Å²) in [5.74, 6) is 0.278. The van der Waals surface area contributed by atoms with Gasteiger partial charge in [-0.15, -0.1) is 0 Å². The molecular weight excluding hydrogens is 349 g/mol. The largest absolute Gasteiger partial charge is 0.497 e. The minimum Gasteiger partial charge on any atom is -0.497 e. The molecule has 1 N–H and O–H groups in total. The van der Waals surface area contributed by atoms with E-state index in [1.807, 2.05) is 0 Å². The Morgan fingerprint density at radius 3 is 2.29 bits per heavy atom. The van der Waals surface area contributed by atoms with Gasteiger partial charge in [-0.3, -0.25) is 0 Å². The summed E-state index contributed by atoms with van der Waals surface area (Å²) in [6.45, 7) is 2.04. The van der Waals surface area contributed by atoms with E-state index in [1.165, 1.54) is 0 Å². The van der Waals surface area contributed by atoms with E-state index in [9.17, 15) is 4.79 Å². The molecule has 0 heterocycles. The van der Waals surface area contributed by atoms with Crippen LogP contribution in [-0.4, -0.2) is 19.7 Å². The highest BCUT2D eigenvalue weighted by Crippen LogP contribution is 2.24. The lowest BCUT2D eigenvalue weighted by molar-refractivity contribution is -0.136. The van der Waals surface area contributed by atoms with Crippen molar-refractivity contribution < 1.29 is 14.3 Å². The van der Waals surface area contributed by atoms with Gasteiger partial charge in [0.25, 0.3) is 0 Å². The van der Waals surface area contributed by atoms with Crippen molar-refractivity contribution in [2.45, 2.75) is 6.92 Å². The van der Waals surface area contributed by atoms with Crippen LogP contribution in [0.15, 0.2) is 48.7 Å². The number of methoxy groups -OCH3 is 1. The van der Waals surface area contributed by atoms with Gasteiger partial charge in [-0.05, 0) is 42.8 Å². The first kappa shape index (κ1) is 18.2. The molecule has 0 aliphatic heterocycles. The Bertz CT molecular complexity index is 722. The van der Waals surface area contributed by atoms with Crippen LogP contribution >= 0.6 is 23.2 Å². The standard InChI is InChI=1S/C18H17Cl2NO3/c1-3-24-18(22)17(12-4-6-16(23-2)7-5-12)11-21-15-9-13(19)8-14(20)10-15/h4-11,21H,3H2,1-2H3/b17-11+. The summed E-state index contributed by atoms with van der Waals surface area (Å²) >= 11 is 12.0. The second-order valence-electron chi connectivity index (χ2n) is 4.81. The van der Waals surface area contributed by atoms with Crippen molar-refractivity contribution in [2.75, 3.05) is 19.0 Å². The van der Waals surface area contributed by atoms with Crippen molar-refractivity contribution in [1.29, 1.82) is 0 Å². The number of carbonyl (C=O) groups excluding carboxylic acids is 1. The van der Waals surface area contributed by atoms with Crippen LogP contribution in [0.25, 0.3) is 5.57 Å². The van der Waals surface area contributed by atoms with E-state index in [1.54, 1.807) is 62.7 Å². The molecule has 126 valence electrons. The normalized spacial score (nSPS) is 11.1. The first-order valence-electron chi connectivity index (χ1n) is 7.28. The molecule has 0 aliphatic rings. The number of nitrogens with one attached hydrogen (secondary N) is 1. The predicted octanol–water partition coefficient (Wildman–Crippen LogP) is 5.02. The van der Waals surface area contributed by atoms with Gasteiger partial charge in [-0.1, -0.05) is 35.3 Å². The van der Waals surface area contributed by atoms with Crippen LogP contribution < -0.4 is 10.1 Å². The third-order valence-corrected chi connectivity index (χ3v) is 3.58. The molecule has 0 aliphatic carbocycles. The maximum absolute atomic E-state index is 12.2. The maximum Gasteiger partial charge on any atom is 0.340 e. The average molecular weight is 366 g/mol. The van der Waals surface area contributed by atoms with Gasteiger partial charge < -0.3 is 14.8 Å². The van der Waals surface area contributed by atoms with E-state index < -0.39 is 5.97 Å². The van der Waals surface area contributed by atoms with Crippen LogP contribution in [0, 0.1) is 0 Å². The lowest BCUT2D eigenvalue weighted by Crippen LogP contribution is -2.08. The summed E-state index contributed by atoms with van der Waals surface area (Å²) < 4.78 is 10.3. The highest BCUT2D eigenvalue weighted by Gasteiger charge is 2.13. The van der Waals surface area contributed by atoms with Crippen molar-refractivity contribution in [3.63, 3.8) is 0 Å². The number of esters is 1. The molecule has 0 atom stereocenters. The van der Waals surface area contributed by atoms with E-state index in [4.69, 9.17) is 32.7 Å². The zero-order valence-corrected chi connectivity index (χ0v) is 14.8. The first-order valence-corrected chi connectivity index (χ1v) is 8.03. The number of ether oxygens (including phenoxy) is 2. The molecule has 0 aromatic heterocycles. The van der Waals surface area contributed by atoms with E-state index in [0.717, 1.165) is 0 Å². The zero-order chi connectivity index (χ0) is 17.5. The van der Waals surface area contributed by atoms with Gasteiger partial charge in [0.05, 0.1) is 19.3 Å². The second kappa shape index (κ2) is 8.62. The second-order valence-corrected chi connectivity index (χ2v) is 5.68. The van der Waals surface area contributed by atoms with Gasteiger partial charge in [0, 0.05) is 21.9 Å². The Morgan fingerprint density at radius 1 is 1.12 bits per heavy atom. The van der Waals surface area contributed by atoms with E-state index in [0.29, 0.717) is 32.6 Å². The third-order valence-electron chi connectivity index (χ3n) is 3.14. The molecule has 24 heavy (non-hydrogen) atoms. The van der Waals surface area contributed by atoms with E-state index in [-0.39, 0.29) is 6.61 Å². The Kier molecular flexibility index (Phi) is 6.53. The molecule has 0 amide bonds. The SMILES string of the molecule is CCOC(=O)/C(=C/Nc1cc(Cl)cc(Cl)c1)c1ccc(OC)cc1. The van der Waals surface area contributed by atoms with Gasteiger partial charge in [-0.25, -0.2) is 4.79 Å².